The van der Waals surface area contributed by atoms with Gasteiger partial charge in [-0.3, -0.25) is 6.08 Å². The van der Waals surface area contributed by atoms with Gasteiger partial charge < -0.3 is 24.8 Å². The van der Waals surface area contributed by atoms with Gasteiger partial charge in [0.25, 0.3) is 0 Å². The molecule has 4 bridgehead atoms. The number of rotatable bonds is 2. The van der Waals surface area contributed by atoms with E-state index in [0.29, 0.717) is 11.3 Å². The van der Waals surface area contributed by atoms with Crippen molar-refractivity contribution in [3.8, 4) is 0 Å². The summed E-state index contributed by atoms with van der Waals surface area (Å²) in [6, 6.07) is 22.4. The van der Waals surface area contributed by atoms with Gasteiger partial charge in [-0.25, -0.2) is 6.08 Å². The van der Waals surface area contributed by atoms with Crippen LogP contribution >= 0.6 is 0 Å². The molecule has 0 aromatic heterocycles. The molecule has 5 aliphatic rings. The first-order valence-electron chi connectivity index (χ1n) is 19.0. The Hall–Kier alpha value is -1.66. The van der Waals surface area contributed by atoms with E-state index >= 15 is 0 Å². The molecule has 0 N–H and O–H groups in total. The van der Waals surface area contributed by atoms with Crippen molar-refractivity contribution in [2.24, 2.45) is 35.0 Å². The largest absolute Gasteiger partial charge is 1.00 e. The van der Waals surface area contributed by atoms with E-state index < -0.39 is 0 Å². The third-order valence-corrected chi connectivity index (χ3v) is 13.3. The Bertz CT molecular complexity index is 1800. The van der Waals surface area contributed by atoms with Crippen LogP contribution in [0.25, 0.3) is 21.5 Å². The third kappa shape index (κ3) is 8.68. The minimum atomic E-state index is 0. The van der Waals surface area contributed by atoms with Crippen LogP contribution in [0.3, 0.4) is 0 Å². The van der Waals surface area contributed by atoms with Gasteiger partial charge in [-0.15, -0.1) is 39.7 Å². The van der Waals surface area contributed by atoms with Gasteiger partial charge in [0.2, 0.25) is 0 Å². The number of fused-ring (bicyclic) bond motifs is 3. The number of halogens is 2. The molecule has 4 aromatic carbocycles. The Balaban J connectivity index is 0.000000183. The van der Waals surface area contributed by atoms with Crippen molar-refractivity contribution in [3.05, 3.63) is 112 Å². The molecule has 0 spiro atoms. The maximum absolute atomic E-state index is 3.49. The van der Waals surface area contributed by atoms with Crippen LogP contribution in [0.1, 0.15) is 122 Å². The second-order valence-corrected chi connectivity index (χ2v) is 20.3. The first kappa shape index (κ1) is 42.1. The minimum Gasteiger partial charge on any atom is -1.00 e. The van der Waals surface area contributed by atoms with Gasteiger partial charge in [0.1, 0.15) is 0 Å². The summed E-state index contributed by atoms with van der Waals surface area (Å²) in [4.78, 5) is 0. The molecule has 0 aliphatic heterocycles. The van der Waals surface area contributed by atoms with Gasteiger partial charge in [0, 0.05) is 0 Å². The van der Waals surface area contributed by atoms with Crippen LogP contribution in [-0.2, 0) is 35.1 Å². The summed E-state index contributed by atoms with van der Waals surface area (Å²) in [7, 11) is 0. The van der Waals surface area contributed by atoms with Gasteiger partial charge in [0.15, 0.2) is 0 Å². The van der Waals surface area contributed by atoms with E-state index in [1.54, 1.807) is 12.0 Å². The molecule has 1 unspecified atom stereocenters. The molecule has 0 nitrogen and oxygen atoms in total. The van der Waals surface area contributed by atoms with E-state index in [0.717, 1.165) is 23.7 Å². The summed E-state index contributed by atoms with van der Waals surface area (Å²) in [5.74, 6) is 4.68. The standard InChI is InChI=1S/C23H29.C17H23.C8H8.2ClH.Zr/c1-14-9-16-11-17-10-15(2)21(23(6,7)8)13-19(17)18(16)12-20(14)22(3,4)5;1-11-3-4-14(5-11)17(2)15-7-12-6-13(9-15)10-16(17)8-12;1-2-8-6-4-3-5-7-8;;;/h9-13H,1-8H3;4-5,11-13,15-16H,6-10H2,1-2H3;3-7H,1H3;2*1H;/q2*-1;;;;+2/p-2. The molecule has 51 heavy (non-hydrogen) atoms. The fraction of sp³-hybridized carbons (Fsp3) is 0.500. The molecular formula is C48H60Cl2Zr-2. The molecule has 1 atom stereocenters. The van der Waals surface area contributed by atoms with Crippen molar-refractivity contribution in [1.82, 2.24) is 0 Å². The second kappa shape index (κ2) is 16.0. The average molecular weight is 799 g/mol. The predicted octanol–water partition coefficient (Wildman–Crippen LogP) is 7.09. The van der Waals surface area contributed by atoms with Crippen LogP contribution in [0.15, 0.2) is 78.4 Å². The normalized spacial score (nSPS) is 26.1. The summed E-state index contributed by atoms with van der Waals surface area (Å²) < 4.78 is 1.46. The zero-order chi connectivity index (χ0) is 35.5. The first-order chi connectivity index (χ1) is 22.9. The third-order valence-electron chi connectivity index (χ3n) is 12.6. The molecule has 4 aromatic rings. The van der Waals surface area contributed by atoms with Crippen LogP contribution in [-0.4, -0.2) is 3.21 Å². The van der Waals surface area contributed by atoms with Crippen molar-refractivity contribution >= 4 is 24.8 Å². The van der Waals surface area contributed by atoms with Gasteiger partial charge in [-0.05, 0) is 80.5 Å². The molecule has 5 aliphatic carbocycles. The smallest absolute Gasteiger partial charge is 0.0142 e. The van der Waals surface area contributed by atoms with Crippen molar-refractivity contribution in [3.63, 3.8) is 0 Å². The maximum Gasteiger partial charge on any atom is -0.0142 e. The van der Waals surface area contributed by atoms with E-state index in [9.17, 15) is 0 Å². The fourth-order valence-corrected chi connectivity index (χ4v) is 10.6. The summed E-state index contributed by atoms with van der Waals surface area (Å²) in [5, 5.41) is 5.55. The van der Waals surface area contributed by atoms with E-state index in [1.165, 1.54) is 102 Å². The zero-order valence-electron chi connectivity index (χ0n) is 33.1. The molecule has 0 heterocycles. The van der Waals surface area contributed by atoms with E-state index in [-0.39, 0.29) is 35.6 Å². The monoisotopic (exact) mass is 796 g/mol. The number of allylic oxidation sites excluding steroid dienone is 4. The summed E-state index contributed by atoms with van der Waals surface area (Å²) in [6.45, 7) is 25.3. The topological polar surface area (TPSA) is 0 Å². The quantitative estimate of drug-likeness (QED) is 0.190. The molecule has 4 saturated carbocycles. The van der Waals surface area contributed by atoms with Crippen LogP contribution < -0.4 is 24.8 Å². The predicted molar refractivity (Wildman–Crippen MR) is 210 cm³/mol. The first-order valence-corrected chi connectivity index (χ1v) is 20.3. The van der Waals surface area contributed by atoms with Crippen molar-refractivity contribution < 1.29 is 49.0 Å². The number of hydrogen-bond acceptors (Lipinski definition) is 0. The SMILES string of the molecule is CC1[C-]=CC(C2(C)C3CC4CC(C3)CC2C4)=C1.C[C](=[Zr+2])c1ccccc1.Cc1cc2[cH-]c3cc(C)c(C(C)(C)C)cc3c2cc1C(C)(C)C.[Cl-].[Cl-]. The number of aryl methyl sites for hydroxylation is 2. The van der Waals surface area contributed by atoms with Crippen molar-refractivity contribution in [2.75, 3.05) is 0 Å². The summed E-state index contributed by atoms with van der Waals surface area (Å²) in [6.07, 6.45) is 15.9. The van der Waals surface area contributed by atoms with Crippen molar-refractivity contribution in [2.45, 2.75) is 119 Å². The number of benzene rings is 3. The number of hydrogen-bond donors (Lipinski definition) is 0. The average Bonchev–Trinajstić information content (AvgIpc) is 3.61. The molecular weight excluding hydrogens is 739 g/mol. The molecule has 3 heteroatoms. The van der Waals surface area contributed by atoms with Crippen LogP contribution in [0.5, 0.6) is 0 Å². The van der Waals surface area contributed by atoms with Gasteiger partial charge >= 0.3 is 70.3 Å². The van der Waals surface area contributed by atoms with E-state index in [1.807, 2.05) is 6.07 Å². The summed E-state index contributed by atoms with van der Waals surface area (Å²) in [5.41, 5.74) is 9.57. The molecule has 4 fully saturated rings. The Kier molecular flexibility index (Phi) is 13.2. The van der Waals surface area contributed by atoms with Crippen molar-refractivity contribution in [1.29, 1.82) is 0 Å². The Morgan fingerprint density at radius 2 is 1.20 bits per heavy atom. The Labute approximate surface area is 337 Å². The fourth-order valence-electron chi connectivity index (χ4n) is 10.2. The molecule has 9 rings (SSSR count). The molecule has 272 valence electrons. The Morgan fingerprint density at radius 3 is 1.55 bits per heavy atom. The summed E-state index contributed by atoms with van der Waals surface area (Å²) >= 11 is 1.51. The maximum atomic E-state index is 3.49. The van der Waals surface area contributed by atoms with Gasteiger partial charge in [-0.1, -0.05) is 101 Å². The zero-order valence-corrected chi connectivity index (χ0v) is 37.1. The van der Waals surface area contributed by atoms with Gasteiger partial charge in [-0.2, -0.15) is 11.6 Å². The minimum absolute atomic E-state index is 0. The van der Waals surface area contributed by atoms with Gasteiger partial charge in [0.05, 0.1) is 0 Å². The molecule has 0 saturated heterocycles. The second-order valence-electron chi connectivity index (χ2n) is 18.5. The van der Waals surface area contributed by atoms with Crippen LogP contribution in [0.4, 0.5) is 0 Å². The Morgan fingerprint density at radius 1 is 0.745 bits per heavy atom. The molecule has 0 amide bonds. The van der Waals surface area contributed by atoms with Crippen LogP contribution in [0, 0.1) is 54.9 Å². The molecule has 0 radical (unpaired) electrons. The van der Waals surface area contributed by atoms with E-state index in [2.05, 4.69) is 149 Å². The van der Waals surface area contributed by atoms with Crippen LogP contribution in [0.2, 0.25) is 0 Å². The van der Waals surface area contributed by atoms with E-state index in [4.69, 9.17) is 0 Å².